The van der Waals surface area contributed by atoms with Crippen LogP contribution < -0.4 is 15.4 Å². The molecule has 3 rings (SSSR count). The van der Waals surface area contributed by atoms with Crippen molar-refractivity contribution in [1.82, 2.24) is 0 Å². The molecular formula is C28H27N3O5. The van der Waals surface area contributed by atoms with Crippen LogP contribution in [0.25, 0.3) is 6.08 Å². The van der Waals surface area contributed by atoms with Crippen LogP contribution in [0.3, 0.4) is 0 Å². The second-order valence-corrected chi connectivity index (χ2v) is 7.64. The van der Waals surface area contributed by atoms with Gasteiger partial charge in [-0.25, -0.2) is 9.79 Å². The highest BCUT2D eigenvalue weighted by atomic mass is 16.5. The van der Waals surface area contributed by atoms with Gasteiger partial charge in [0.1, 0.15) is 12.3 Å². The number of nitrogens with two attached hydrogens (primary N) is 1. The number of rotatable bonds is 9. The molecule has 0 bridgehead atoms. The Kier molecular flexibility index (Phi) is 9.11. The van der Waals surface area contributed by atoms with Gasteiger partial charge in [-0.05, 0) is 74.0 Å². The lowest BCUT2D eigenvalue weighted by molar-refractivity contribution is -0.142. The first-order chi connectivity index (χ1) is 17.4. The smallest absolute Gasteiger partial charge is 0.343 e. The third-order valence-corrected chi connectivity index (χ3v) is 5.04. The summed E-state index contributed by atoms with van der Waals surface area (Å²) in [5.41, 5.74) is 7.98. The molecule has 2 N–H and O–H groups in total. The van der Waals surface area contributed by atoms with E-state index in [4.69, 9.17) is 15.2 Å². The fourth-order valence-corrected chi connectivity index (χ4v) is 3.32. The van der Waals surface area contributed by atoms with Crippen LogP contribution in [0.15, 0.2) is 89.4 Å². The summed E-state index contributed by atoms with van der Waals surface area (Å²) in [5.74, 6) is -0.964. The monoisotopic (exact) mass is 485 g/mol. The molecule has 184 valence electrons. The van der Waals surface area contributed by atoms with Crippen LogP contribution in [0.4, 0.5) is 11.4 Å². The Labute approximate surface area is 209 Å². The molecule has 8 heteroatoms. The van der Waals surface area contributed by atoms with Gasteiger partial charge in [-0.2, -0.15) is 0 Å². The SMILES string of the molecule is CCOC(=O)CN(C(=O)/C(C)=C/c1ccc(C(=O)Oc2ccc(N=CN)cc2)cc1)c1ccccc1. The average molecular weight is 486 g/mol. The number of nitrogens with zero attached hydrogens (tertiary/aromatic N) is 2. The van der Waals surface area contributed by atoms with Crippen LogP contribution in [0.1, 0.15) is 29.8 Å². The molecule has 36 heavy (non-hydrogen) atoms. The number of hydrogen-bond acceptors (Lipinski definition) is 6. The topological polar surface area (TPSA) is 111 Å². The summed E-state index contributed by atoms with van der Waals surface area (Å²) in [4.78, 5) is 43.1. The van der Waals surface area contributed by atoms with E-state index >= 15 is 0 Å². The Morgan fingerprint density at radius 3 is 2.22 bits per heavy atom. The number of carbonyl (C=O) groups excluding carboxylic acids is 3. The van der Waals surface area contributed by atoms with Crippen LogP contribution >= 0.6 is 0 Å². The second-order valence-electron chi connectivity index (χ2n) is 7.64. The second kappa shape index (κ2) is 12.7. The molecule has 3 aromatic rings. The summed E-state index contributed by atoms with van der Waals surface area (Å²) in [6.07, 6.45) is 2.88. The van der Waals surface area contributed by atoms with Gasteiger partial charge in [-0.15, -0.1) is 0 Å². The zero-order chi connectivity index (χ0) is 25.9. The molecule has 0 saturated heterocycles. The van der Waals surface area contributed by atoms with E-state index in [0.29, 0.717) is 33.8 Å². The number of carbonyl (C=O) groups is 3. The maximum Gasteiger partial charge on any atom is 0.343 e. The molecule has 0 fully saturated rings. The molecule has 0 unspecified atom stereocenters. The Bertz CT molecular complexity index is 1250. The van der Waals surface area contributed by atoms with Crippen LogP contribution in [-0.2, 0) is 14.3 Å². The van der Waals surface area contributed by atoms with E-state index in [9.17, 15) is 14.4 Å². The van der Waals surface area contributed by atoms with Crippen molar-refractivity contribution in [3.05, 3.63) is 95.6 Å². The van der Waals surface area contributed by atoms with Gasteiger partial charge in [0.05, 0.1) is 24.2 Å². The molecule has 0 aliphatic rings. The number of hydrogen-bond donors (Lipinski definition) is 1. The predicted octanol–water partition coefficient (Wildman–Crippen LogP) is 4.52. The van der Waals surface area contributed by atoms with E-state index in [0.717, 1.165) is 0 Å². The largest absolute Gasteiger partial charge is 0.465 e. The lowest BCUT2D eigenvalue weighted by atomic mass is 10.1. The number of aliphatic imine (C=N–C) groups is 1. The first-order valence-corrected chi connectivity index (χ1v) is 11.3. The van der Waals surface area contributed by atoms with Crippen molar-refractivity contribution >= 4 is 41.6 Å². The Morgan fingerprint density at radius 2 is 1.61 bits per heavy atom. The fraction of sp³-hybridized carbons (Fsp3) is 0.143. The minimum atomic E-state index is -0.516. The summed E-state index contributed by atoms with van der Waals surface area (Å²) in [6.45, 7) is 3.41. The van der Waals surface area contributed by atoms with Gasteiger partial charge in [-0.3, -0.25) is 14.5 Å². The van der Waals surface area contributed by atoms with E-state index in [-0.39, 0.29) is 19.1 Å². The number of para-hydroxylation sites is 1. The van der Waals surface area contributed by atoms with Crippen molar-refractivity contribution in [3.8, 4) is 5.75 Å². The third kappa shape index (κ3) is 7.14. The third-order valence-electron chi connectivity index (χ3n) is 5.04. The quantitative estimate of drug-likeness (QED) is 0.157. The molecule has 8 nitrogen and oxygen atoms in total. The zero-order valence-corrected chi connectivity index (χ0v) is 20.1. The van der Waals surface area contributed by atoms with Crippen molar-refractivity contribution in [2.45, 2.75) is 13.8 Å². The molecule has 0 aliphatic heterocycles. The number of anilines is 1. The van der Waals surface area contributed by atoms with Crippen molar-refractivity contribution in [2.75, 3.05) is 18.1 Å². The van der Waals surface area contributed by atoms with E-state index < -0.39 is 11.9 Å². The van der Waals surface area contributed by atoms with Crippen LogP contribution in [0.5, 0.6) is 5.75 Å². The lowest BCUT2D eigenvalue weighted by Gasteiger charge is -2.22. The number of amides is 1. The van der Waals surface area contributed by atoms with Gasteiger partial charge in [0.15, 0.2) is 0 Å². The van der Waals surface area contributed by atoms with Crippen LogP contribution in [-0.4, -0.2) is 37.3 Å². The molecule has 1 amide bonds. The molecule has 3 aromatic carbocycles. The summed E-state index contributed by atoms with van der Waals surface area (Å²) in [7, 11) is 0. The van der Waals surface area contributed by atoms with Crippen molar-refractivity contribution in [1.29, 1.82) is 0 Å². The van der Waals surface area contributed by atoms with Crippen molar-refractivity contribution in [2.24, 2.45) is 10.7 Å². The normalized spacial score (nSPS) is 11.2. The highest BCUT2D eigenvalue weighted by Gasteiger charge is 2.21. The molecular weight excluding hydrogens is 458 g/mol. The zero-order valence-electron chi connectivity index (χ0n) is 20.1. The maximum atomic E-state index is 13.2. The number of benzene rings is 3. The molecule has 0 atom stereocenters. The first-order valence-electron chi connectivity index (χ1n) is 11.3. The highest BCUT2D eigenvalue weighted by molar-refractivity contribution is 6.10. The molecule has 0 spiro atoms. The average Bonchev–Trinajstić information content (AvgIpc) is 2.89. The van der Waals surface area contributed by atoms with Gasteiger partial charge in [0, 0.05) is 11.3 Å². The summed E-state index contributed by atoms with van der Waals surface area (Å²) < 4.78 is 10.4. The standard InChI is InChI=1S/C28H27N3O5/c1-3-35-26(32)18-31(24-7-5-4-6-8-24)27(33)20(2)17-21-9-11-22(12-10-21)28(34)36-25-15-13-23(14-16-25)30-19-29/h4-17,19H,3,18H2,1-2H3,(H2,29,30)/b20-17+. The molecule has 0 aromatic heterocycles. The highest BCUT2D eigenvalue weighted by Crippen LogP contribution is 2.20. The Hall–Kier alpha value is -4.72. The molecule has 0 saturated carbocycles. The van der Waals surface area contributed by atoms with E-state index in [1.54, 1.807) is 92.7 Å². The van der Waals surface area contributed by atoms with Gasteiger partial charge in [0.2, 0.25) is 0 Å². The van der Waals surface area contributed by atoms with Crippen LogP contribution in [0, 0.1) is 0 Å². The maximum absolute atomic E-state index is 13.2. The van der Waals surface area contributed by atoms with E-state index in [1.165, 1.54) is 11.2 Å². The van der Waals surface area contributed by atoms with Gasteiger partial charge >= 0.3 is 11.9 Å². The van der Waals surface area contributed by atoms with Gasteiger partial charge in [0.25, 0.3) is 5.91 Å². The van der Waals surface area contributed by atoms with E-state index in [1.807, 2.05) is 6.07 Å². The molecule has 0 radical (unpaired) electrons. The molecule has 0 heterocycles. The fourth-order valence-electron chi connectivity index (χ4n) is 3.32. The van der Waals surface area contributed by atoms with Crippen molar-refractivity contribution < 1.29 is 23.9 Å². The first kappa shape index (κ1) is 25.9. The van der Waals surface area contributed by atoms with E-state index in [2.05, 4.69) is 4.99 Å². The van der Waals surface area contributed by atoms with Crippen LogP contribution in [0.2, 0.25) is 0 Å². The minimum Gasteiger partial charge on any atom is -0.465 e. The minimum absolute atomic E-state index is 0.202. The Balaban J connectivity index is 1.72. The van der Waals surface area contributed by atoms with Gasteiger partial charge in [-0.1, -0.05) is 30.3 Å². The number of ether oxygens (including phenoxy) is 2. The lowest BCUT2D eigenvalue weighted by Crippen LogP contribution is -2.37. The number of esters is 2. The Morgan fingerprint density at radius 1 is 0.944 bits per heavy atom. The summed E-state index contributed by atoms with van der Waals surface area (Å²) in [6, 6.07) is 22.2. The summed E-state index contributed by atoms with van der Waals surface area (Å²) in [5, 5.41) is 0. The van der Waals surface area contributed by atoms with Crippen molar-refractivity contribution in [3.63, 3.8) is 0 Å². The summed E-state index contributed by atoms with van der Waals surface area (Å²) >= 11 is 0. The van der Waals surface area contributed by atoms with Gasteiger partial charge < -0.3 is 15.2 Å². The predicted molar refractivity (Wildman–Crippen MR) is 139 cm³/mol. The molecule has 0 aliphatic carbocycles.